The van der Waals surface area contributed by atoms with E-state index in [0.717, 1.165) is 37.8 Å². The van der Waals surface area contributed by atoms with Gasteiger partial charge in [-0.05, 0) is 43.4 Å². The third kappa shape index (κ3) is 4.46. The lowest BCUT2D eigenvalue weighted by molar-refractivity contribution is -0.137. The summed E-state index contributed by atoms with van der Waals surface area (Å²) in [5, 5.41) is 2.72. The highest BCUT2D eigenvalue weighted by atomic mass is 19.4. The normalized spacial score (nSPS) is 22.9. The molecule has 0 aromatic heterocycles. The second-order valence-corrected chi connectivity index (χ2v) is 5.53. The van der Waals surface area contributed by atoms with Gasteiger partial charge < -0.3 is 11.1 Å². The predicted octanol–water partition coefficient (Wildman–Crippen LogP) is 2.84. The number of nitrogens with two attached hydrogens (primary N) is 1. The SMILES string of the molecule is NC1CCC(C(=O)NCc2cccc(C(F)(F)F)c2)CC1. The number of nitrogens with one attached hydrogen (secondary N) is 1. The first-order valence-electron chi connectivity index (χ1n) is 7.05. The number of carbonyl (C=O) groups excluding carboxylic acids is 1. The largest absolute Gasteiger partial charge is 0.416 e. The van der Waals surface area contributed by atoms with Crippen molar-refractivity contribution < 1.29 is 18.0 Å². The fraction of sp³-hybridized carbons (Fsp3) is 0.533. The van der Waals surface area contributed by atoms with Crippen molar-refractivity contribution in [2.24, 2.45) is 11.7 Å². The van der Waals surface area contributed by atoms with Crippen LogP contribution in [0.25, 0.3) is 0 Å². The van der Waals surface area contributed by atoms with E-state index < -0.39 is 11.7 Å². The summed E-state index contributed by atoms with van der Waals surface area (Å²) in [6.07, 6.45) is -1.23. The van der Waals surface area contributed by atoms with Crippen molar-refractivity contribution in [1.82, 2.24) is 5.32 Å². The van der Waals surface area contributed by atoms with Crippen molar-refractivity contribution in [1.29, 1.82) is 0 Å². The molecule has 0 saturated heterocycles. The van der Waals surface area contributed by atoms with Gasteiger partial charge in [0.1, 0.15) is 0 Å². The van der Waals surface area contributed by atoms with Crippen molar-refractivity contribution in [3.8, 4) is 0 Å². The number of benzene rings is 1. The first kappa shape index (κ1) is 15.8. The molecule has 1 aliphatic rings. The molecule has 0 spiro atoms. The molecule has 3 N–H and O–H groups in total. The van der Waals surface area contributed by atoms with E-state index in [0.29, 0.717) is 5.56 Å². The van der Waals surface area contributed by atoms with Gasteiger partial charge in [-0.25, -0.2) is 0 Å². The molecule has 0 aliphatic heterocycles. The van der Waals surface area contributed by atoms with Crippen LogP contribution in [0.2, 0.25) is 0 Å². The lowest BCUT2D eigenvalue weighted by atomic mass is 9.86. The summed E-state index contributed by atoms with van der Waals surface area (Å²) in [7, 11) is 0. The molecular formula is C15H19F3N2O. The molecule has 1 aliphatic carbocycles. The smallest absolute Gasteiger partial charge is 0.352 e. The lowest BCUT2D eigenvalue weighted by Gasteiger charge is -2.25. The van der Waals surface area contributed by atoms with Gasteiger partial charge in [-0.3, -0.25) is 4.79 Å². The summed E-state index contributed by atoms with van der Waals surface area (Å²) in [4.78, 5) is 12.0. The van der Waals surface area contributed by atoms with Gasteiger partial charge in [-0.1, -0.05) is 12.1 Å². The van der Waals surface area contributed by atoms with Crippen LogP contribution in [0.15, 0.2) is 24.3 Å². The standard InChI is InChI=1S/C15H19F3N2O/c16-15(17,18)12-3-1-2-10(8-12)9-20-14(21)11-4-6-13(19)7-5-11/h1-3,8,11,13H,4-7,9,19H2,(H,20,21). The van der Waals surface area contributed by atoms with E-state index in [1.807, 2.05) is 0 Å². The molecule has 0 radical (unpaired) electrons. The monoisotopic (exact) mass is 300 g/mol. The Balaban J connectivity index is 1.89. The quantitative estimate of drug-likeness (QED) is 0.902. The summed E-state index contributed by atoms with van der Waals surface area (Å²) in [6, 6.07) is 5.18. The van der Waals surface area contributed by atoms with Crippen molar-refractivity contribution in [3.05, 3.63) is 35.4 Å². The van der Waals surface area contributed by atoms with E-state index >= 15 is 0 Å². The Morgan fingerprint density at radius 1 is 1.24 bits per heavy atom. The summed E-state index contributed by atoms with van der Waals surface area (Å²) < 4.78 is 37.8. The first-order valence-corrected chi connectivity index (χ1v) is 7.05. The van der Waals surface area contributed by atoms with Gasteiger partial charge in [0.2, 0.25) is 5.91 Å². The topological polar surface area (TPSA) is 55.1 Å². The molecule has 0 atom stereocenters. The van der Waals surface area contributed by atoms with Gasteiger partial charge in [-0.15, -0.1) is 0 Å². The lowest BCUT2D eigenvalue weighted by Crippen LogP contribution is -2.35. The van der Waals surface area contributed by atoms with Gasteiger partial charge >= 0.3 is 6.18 Å². The summed E-state index contributed by atoms with van der Waals surface area (Å²) >= 11 is 0. The predicted molar refractivity (Wildman–Crippen MR) is 73.2 cm³/mol. The summed E-state index contributed by atoms with van der Waals surface area (Å²) in [5.74, 6) is -0.171. The van der Waals surface area contributed by atoms with Crippen LogP contribution in [0.4, 0.5) is 13.2 Å². The molecule has 21 heavy (non-hydrogen) atoms. The first-order chi connectivity index (χ1) is 9.86. The Labute approximate surface area is 121 Å². The molecule has 6 heteroatoms. The van der Waals surface area contributed by atoms with E-state index in [4.69, 9.17) is 5.73 Å². The van der Waals surface area contributed by atoms with Crippen LogP contribution in [-0.2, 0) is 17.5 Å². The second-order valence-electron chi connectivity index (χ2n) is 5.53. The van der Waals surface area contributed by atoms with E-state index in [1.54, 1.807) is 6.07 Å². The van der Waals surface area contributed by atoms with Crippen LogP contribution < -0.4 is 11.1 Å². The zero-order valence-corrected chi connectivity index (χ0v) is 11.6. The van der Waals surface area contributed by atoms with E-state index in [2.05, 4.69) is 5.32 Å². The Morgan fingerprint density at radius 2 is 1.90 bits per heavy atom. The van der Waals surface area contributed by atoms with Crippen LogP contribution in [-0.4, -0.2) is 11.9 Å². The third-order valence-electron chi connectivity index (χ3n) is 3.86. The van der Waals surface area contributed by atoms with Crippen LogP contribution >= 0.6 is 0 Å². The average Bonchev–Trinajstić information content (AvgIpc) is 2.45. The number of rotatable bonds is 3. The summed E-state index contributed by atoms with van der Waals surface area (Å²) in [5.41, 5.74) is 5.53. The van der Waals surface area contributed by atoms with Gasteiger partial charge in [-0.2, -0.15) is 13.2 Å². The van der Waals surface area contributed by atoms with Crippen LogP contribution in [0.1, 0.15) is 36.8 Å². The third-order valence-corrected chi connectivity index (χ3v) is 3.86. The second kappa shape index (κ2) is 6.47. The number of alkyl halides is 3. The zero-order valence-electron chi connectivity index (χ0n) is 11.6. The molecule has 0 bridgehead atoms. The van der Waals surface area contributed by atoms with Crippen LogP contribution in [0.3, 0.4) is 0 Å². The molecule has 2 rings (SSSR count). The molecule has 1 aromatic carbocycles. The molecular weight excluding hydrogens is 281 g/mol. The number of halogens is 3. The molecule has 1 fully saturated rings. The number of hydrogen-bond acceptors (Lipinski definition) is 2. The number of amides is 1. The van der Waals surface area contributed by atoms with Gasteiger partial charge in [0, 0.05) is 18.5 Å². The van der Waals surface area contributed by atoms with Gasteiger partial charge in [0.25, 0.3) is 0 Å². The fourth-order valence-corrected chi connectivity index (χ4v) is 2.57. The molecule has 116 valence electrons. The van der Waals surface area contributed by atoms with Gasteiger partial charge in [0.15, 0.2) is 0 Å². The highest BCUT2D eigenvalue weighted by Crippen LogP contribution is 2.29. The fourth-order valence-electron chi connectivity index (χ4n) is 2.57. The Hall–Kier alpha value is -1.56. The van der Waals surface area contributed by atoms with Crippen molar-refractivity contribution in [3.63, 3.8) is 0 Å². The van der Waals surface area contributed by atoms with E-state index in [-0.39, 0.29) is 24.4 Å². The average molecular weight is 300 g/mol. The highest BCUT2D eigenvalue weighted by Gasteiger charge is 2.30. The van der Waals surface area contributed by atoms with Crippen molar-refractivity contribution >= 4 is 5.91 Å². The molecule has 0 heterocycles. The Bertz CT molecular complexity index is 494. The maximum atomic E-state index is 12.6. The van der Waals surface area contributed by atoms with Crippen LogP contribution in [0, 0.1) is 5.92 Å². The highest BCUT2D eigenvalue weighted by molar-refractivity contribution is 5.78. The van der Waals surface area contributed by atoms with E-state index in [1.165, 1.54) is 6.07 Å². The van der Waals surface area contributed by atoms with E-state index in [9.17, 15) is 18.0 Å². The number of carbonyl (C=O) groups is 1. The Kier molecular flexibility index (Phi) is 4.88. The van der Waals surface area contributed by atoms with Gasteiger partial charge in [0.05, 0.1) is 5.56 Å². The maximum Gasteiger partial charge on any atom is 0.416 e. The molecule has 1 saturated carbocycles. The molecule has 1 amide bonds. The molecule has 0 unspecified atom stereocenters. The van der Waals surface area contributed by atoms with Crippen molar-refractivity contribution in [2.75, 3.05) is 0 Å². The van der Waals surface area contributed by atoms with Crippen molar-refractivity contribution in [2.45, 2.75) is 44.4 Å². The summed E-state index contributed by atoms with van der Waals surface area (Å²) in [6.45, 7) is 0.116. The maximum absolute atomic E-state index is 12.6. The number of hydrogen-bond donors (Lipinski definition) is 2. The minimum Gasteiger partial charge on any atom is -0.352 e. The molecule has 1 aromatic rings. The zero-order chi connectivity index (χ0) is 15.5. The minimum atomic E-state index is -4.36. The van der Waals surface area contributed by atoms with Crippen LogP contribution in [0.5, 0.6) is 0 Å². The molecule has 3 nitrogen and oxygen atoms in total. The Morgan fingerprint density at radius 3 is 2.52 bits per heavy atom. The minimum absolute atomic E-state index is 0.0735.